The van der Waals surface area contributed by atoms with Crippen LogP contribution >= 0.6 is 0 Å². The molecule has 3 amide bonds. The predicted molar refractivity (Wildman–Crippen MR) is 71.3 cm³/mol. The Hall–Kier alpha value is -1.84. The van der Waals surface area contributed by atoms with Crippen LogP contribution in [-0.2, 0) is 11.3 Å². The van der Waals surface area contributed by atoms with Crippen LogP contribution in [0.5, 0.6) is 0 Å². The molecule has 0 atom stereocenters. The number of hydrogen-bond acceptors (Lipinski definition) is 2. The molecular formula is C15H18N2O2. The smallest absolute Gasteiger partial charge is 0.323 e. The second-order valence-electron chi connectivity index (χ2n) is 5.45. The summed E-state index contributed by atoms with van der Waals surface area (Å²) in [5.74, 6) is -0.0407. The summed E-state index contributed by atoms with van der Waals surface area (Å²) in [5, 5.41) is 2.93. The van der Waals surface area contributed by atoms with Crippen molar-refractivity contribution >= 4 is 11.9 Å². The molecule has 4 heteroatoms. The summed E-state index contributed by atoms with van der Waals surface area (Å²) in [6.45, 7) is 0.368. The van der Waals surface area contributed by atoms with Gasteiger partial charge in [-0.2, -0.15) is 0 Å². The van der Waals surface area contributed by atoms with Crippen molar-refractivity contribution in [3.05, 3.63) is 35.9 Å². The van der Waals surface area contributed by atoms with Crippen LogP contribution in [0.4, 0.5) is 4.79 Å². The molecule has 3 rings (SSSR count). The lowest BCUT2D eigenvalue weighted by molar-refractivity contribution is -0.132. The zero-order valence-electron chi connectivity index (χ0n) is 10.9. The van der Waals surface area contributed by atoms with E-state index < -0.39 is 5.54 Å². The van der Waals surface area contributed by atoms with E-state index >= 15 is 0 Å². The van der Waals surface area contributed by atoms with E-state index in [2.05, 4.69) is 5.32 Å². The lowest BCUT2D eigenvalue weighted by atomic mass is 9.82. The number of amides is 3. The monoisotopic (exact) mass is 258 g/mol. The number of imide groups is 1. The highest BCUT2D eigenvalue weighted by molar-refractivity contribution is 6.07. The first-order chi connectivity index (χ1) is 9.21. The molecule has 1 heterocycles. The van der Waals surface area contributed by atoms with Crippen molar-refractivity contribution < 1.29 is 9.59 Å². The predicted octanol–water partition coefficient (Wildman–Crippen LogP) is 2.44. The van der Waals surface area contributed by atoms with Gasteiger partial charge in [-0.1, -0.05) is 49.6 Å². The van der Waals surface area contributed by atoms with Crippen molar-refractivity contribution in [3.8, 4) is 0 Å². The highest BCUT2D eigenvalue weighted by Crippen LogP contribution is 2.34. The molecule has 19 heavy (non-hydrogen) atoms. The third-order valence-electron chi connectivity index (χ3n) is 4.14. The number of urea groups is 1. The van der Waals surface area contributed by atoms with E-state index in [1.165, 1.54) is 4.90 Å². The Morgan fingerprint density at radius 1 is 1.05 bits per heavy atom. The Bertz CT molecular complexity index is 492. The molecule has 1 aromatic rings. The molecule has 2 aliphatic rings. The Morgan fingerprint density at radius 3 is 2.42 bits per heavy atom. The largest absolute Gasteiger partial charge is 0.325 e. The fourth-order valence-corrected chi connectivity index (χ4v) is 3.08. The minimum absolute atomic E-state index is 0.0407. The van der Waals surface area contributed by atoms with Crippen molar-refractivity contribution in [2.45, 2.75) is 44.2 Å². The summed E-state index contributed by atoms with van der Waals surface area (Å²) in [6, 6.07) is 9.40. The maximum Gasteiger partial charge on any atom is 0.325 e. The maximum atomic E-state index is 12.5. The van der Waals surface area contributed by atoms with Gasteiger partial charge in [-0.3, -0.25) is 9.69 Å². The van der Waals surface area contributed by atoms with E-state index in [9.17, 15) is 9.59 Å². The first-order valence-electron chi connectivity index (χ1n) is 6.89. The highest BCUT2D eigenvalue weighted by Gasteiger charge is 2.50. The third-order valence-corrected chi connectivity index (χ3v) is 4.14. The topological polar surface area (TPSA) is 49.4 Å². The van der Waals surface area contributed by atoms with Gasteiger partial charge in [0, 0.05) is 0 Å². The quantitative estimate of drug-likeness (QED) is 0.828. The minimum Gasteiger partial charge on any atom is -0.323 e. The molecule has 1 spiro atoms. The lowest BCUT2D eigenvalue weighted by Gasteiger charge is -2.30. The fourth-order valence-electron chi connectivity index (χ4n) is 3.08. The maximum absolute atomic E-state index is 12.5. The Morgan fingerprint density at radius 2 is 1.74 bits per heavy atom. The van der Waals surface area contributed by atoms with Gasteiger partial charge in [-0.25, -0.2) is 4.79 Å². The zero-order chi connectivity index (χ0) is 13.3. The fraction of sp³-hybridized carbons (Fsp3) is 0.467. The SMILES string of the molecule is O=C1NC2(CCCCC2)C(=O)N1Cc1ccccc1. The summed E-state index contributed by atoms with van der Waals surface area (Å²) < 4.78 is 0. The van der Waals surface area contributed by atoms with Crippen molar-refractivity contribution in [3.63, 3.8) is 0 Å². The first-order valence-corrected chi connectivity index (χ1v) is 6.89. The van der Waals surface area contributed by atoms with Crippen molar-refractivity contribution in [1.82, 2.24) is 10.2 Å². The van der Waals surface area contributed by atoms with Gasteiger partial charge in [0.1, 0.15) is 5.54 Å². The summed E-state index contributed by atoms with van der Waals surface area (Å²) in [6.07, 6.45) is 4.76. The lowest BCUT2D eigenvalue weighted by Crippen LogP contribution is -2.48. The molecule has 0 aromatic heterocycles. The zero-order valence-corrected chi connectivity index (χ0v) is 10.9. The molecular weight excluding hydrogens is 240 g/mol. The number of hydrogen-bond donors (Lipinski definition) is 1. The average Bonchev–Trinajstić information content (AvgIpc) is 2.66. The van der Waals surface area contributed by atoms with E-state index in [0.29, 0.717) is 6.54 Å². The number of carbonyl (C=O) groups excluding carboxylic acids is 2. The molecule has 1 aromatic carbocycles. The van der Waals surface area contributed by atoms with Gasteiger partial charge in [-0.15, -0.1) is 0 Å². The number of nitrogens with zero attached hydrogens (tertiary/aromatic N) is 1. The van der Waals surface area contributed by atoms with Crippen LogP contribution in [0.25, 0.3) is 0 Å². The molecule has 0 radical (unpaired) electrons. The van der Waals surface area contributed by atoms with Gasteiger partial charge in [0.15, 0.2) is 0 Å². The van der Waals surface area contributed by atoms with Gasteiger partial charge >= 0.3 is 6.03 Å². The summed E-state index contributed by atoms with van der Waals surface area (Å²) >= 11 is 0. The molecule has 1 aliphatic heterocycles. The van der Waals surface area contributed by atoms with Crippen LogP contribution in [0.1, 0.15) is 37.7 Å². The van der Waals surface area contributed by atoms with Gasteiger partial charge in [0.05, 0.1) is 6.54 Å². The van der Waals surface area contributed by atoms with Crippen LogP contribution in [0.2, 0.25) is 0 Å². The minimum atomic E-state index is -0.607. The molecule has 1 saturated heterocycles. The normalized spacial score (nSPS) is 21.8. The Kier molecular flexibility index (Phi) is 3.01. The van der Waals surface area contributed by atoms with Crippen molar-refractivity contribution in [1.29, 1.82) is 0 Å². The Labute approximate surface area is 112 Å². The van der Waals surface area contributed by atoms with E-state index in [-0.39, 0.29) is 11.9 Å². The summed E-state index contributed by atoms with van der Waals surface area (Å²) in [7, 11) is 0. The average molecular weight is 258 g/mol. The van der Waals surface area contributed by atoms with Crippen LogP contribution in [-0.4, -0.2) is 22.4 Å². The second kappa shape index (κ2) is 4.68. The van der Waals surface area contributed by atoms with E-state index in [0.717, 1.165) is 37.7 Å². The summed E-state index contributed by atoms with van der Waals surface area (Å²) in [5.41, 5.74) is 0.378. The molecule has 0 bridgehead atoms. The van der Waals surface area contributed by atoms with E-state index in [1.807, 2.05) is 30.3 Å². The third kappa shape index (κ3) is 2.11. The molecule has 4 nitrogen and oxygen atoms in total. The standard InChI is InChI=1S/C15H18N2O2/c18-13-15(9-5-2-6-10-15)16-14(19)17(13)11-12-7-3-1-4-8-12/h1,3-4,7-8H,2,5-6,9-11H2,(H,16,19). The van der Waals surface area contributed by atoms with Crippen LogP contribution in [0, 0.1) is 0 Å². The highest BCUT2D eigenvalue weighted by atomic mass is 16.2. The van der Waals surface area contributed by atoms with Crippen LogP contribution < -0.4 is 5.32 Å². The molecule has 2 fully saturated rings. The number of carbonyl (C=O) groups is 2. The van der Waals surface area contributed by atoms with Gasteiger partial charge in [-0.05, 0) is 18.4 Å². The molecule has 1 aliphatic carbocycles. The Balaban J connectivity index is 1.79. The summed E-state index contributed by atoms with van der Waals surface area (Å²) in [4.78, 5) is 26.0. The van der Waals surface area contributed by atoms with Crippen molar-refractivity contribution in [2.24, 2.45) is 0 Å². The molecule has 100 valence electrons. The molecule has 1 N–H and O–H groups in total. The van der Waals surface area contributed by atoms with E-state index in [1.54, 1.807) is 0 Å². The van der Waals surface area contributed by atoms with E-state index in [4.69, 9.17) is 0 Å². The molecule has 1 saturated carbocycles. The molecule has 0 unspecified atom stereocenters. The number of nitrogens with one attached hydrogen (secondary N) is 1. The van der Waals surface area contributed by atoms with Gasteiger partial charge < -0.3 is 5.32 Å². The first kappa shape index (κ1) is 12.2. The van der Waals surface area contributed by atoms with Crippen LogP contribution in [0.3, 0.4) is 0 Å². The second-order valence-corrected chi connectivity index (χ2v) is 5.45. The van der Waals surface area contributed by atoms with Crippen LogP contribution in [0.15, 0.2) is 30.3 Å². The number of benzene rings is 1. The number of rotatable bonds is 2. The van der Waals surface area contributed by atoms with Gasteiger partial charge in [0.2, 0.25) is 0 Å². The van der Waals surface area contributed by atoms with Crippen molar-refractivity contribution in [2.75, 3.05) is 0 Å². The van der Waals surface area contributed by atoms with Gasteiger partial charge in [0.25, 0.3) is 5.91 Å².